The van der Waals surface area contributed by atoms with Gasteiger partial charge < -0.3 is 15.8 Å². The van der Waals surface area contributed by atoms with Gasteiger partial charge in [-0.05, 0) is 23.3 Å². The number of nitrogens with two attached hydrogens (primary N) is 1. The molecule has 1 heterocycles. The second-order valence-corrected chi connectivity index (χ2v) is 7.52. The van der Waals surface area contributed by atoms with Crippen LogP contribution >= 0.6 is 11.8 Å². The van der Waals surface area contributed by atoms with Crippen molar-refractivity contribution >= 4 is 23.7 Å². The van der Waals surface area contributed by atoms with Gasteiger partial charge in [-0.3, -0.25) is 10.1 Å². The zero-order chi connectivity index (χ0) is 20.8. The molecule has 0 radical (unpaired) electrons. The molecule has 0 aromatic heterocycles. The zero-order valence-corrected chi connectivity index (χ0v) is 16.5. The topological polar surface area (TPSA) is 117 Å². The molecule has 3 rings (SSSR count). The van der Waals surface area contributed by atoms with Crippen molar-refractivity contribution in [2.75, 3.05) is 7.11 Å². The number of benzene rings is 2. The molecule has 2 aromatic rings. The summed E-state index contributed by atoms with van der Waals surface area (Å²) in [7, 11) is 1.56. The highest BCUT2D eigenvalue weighted by Crippen LogP contribution is 2.45. The summed E-state index contributed by atoms with van der Waals surface area (Å²) in [5.74, 6) is -0.386. The molecule has 29 heavy (non-hydrogen) atoms. The van der Waals surface area contributed by atoms with Crippen LogP contribution in [0, 0.1) is 11.3 Å². The molecule has 7 nitrogen and oxygen atoms in total. The molecule has 148 valence electrons. The van der Waals surface area contributed by atoms with Crippen LogP contribution in [0.15, 0.2) is 65.2 Å². The summed E-state index contributed by atoms with van der Waals surface area (Å²) in [5, 5.41) is 14.1. The lowest BCUT2D eigenvalue weighted by Crippen LogP contribution is -2.44. The lowest BCUT2D eigenvalue weighted by molar-refractivity contribution is -0.119. The largest absolute Gasteiger partial charge is 0.497 e. The Morgan fingerprint density at radius 3 is 2.48 bits per heavy atom. The van der Waals surface area contributed by atoms with Gasteiger partial charge in [0.25, 0.3) is 0 Å². The first-order valence-corrected chi connectivity index (χ1v) is 9.74. The molecule has 2 atom stereocenters. The molecule has 0 fully saturated rings. The van der Waals surface area contributed by atoms with Crippen LogP contribution in [0.25, 0.3) is 0 Å². The predicted molar refractivity (Wildman–Crippen MR) is 111 cm³/mol. The van der Waals surface area contributed by atoms with Crippen LogP contribution in [0.2, 0.25) is 0 Å². The number of methoxy groups -OCH3 is 1. The highest BCUT2D eigenvalue weighted by molar-refractivity contribution is 8.04. The number of nitrogens with one attached hydrogen (secondary N) is 2. The van der Waals surface area contributed by atoms with Crippen molar-refractivity contribution < 1.29 is 14.3 Å². The number of thioether (sulfide) groups is 1. The maximum atomic E-state index is 12.8. The van der Waals surface area contributed by atoms with Crippen LogP contribution in [0.4, 0.5) is 4.79 Å². The summed E-state index contributed by atoms with van der Waals surface area (Å²) in [6.45, 7) is 0.295. The first-order valence-electron chi connectivity index (χ1n) is 8.86. The van der Waals surface area contributed by atoms with E-state index in [0.717, 1.165) is 22.9 Å². The second-order valence-electron chi connectivity index (χ2n) is 6.34. The molecule has 0 saturated heterocycles. The fourth-order valence-electron chi connectivity index (χ4n) is 3.06. The molecule has 0 saturated carbocycles. The minimum absolute atomic E-state index is 0.290. The Bertz CT molecular complexity index is 968. The Hall–Kier alpha value is -3.44. The van der Waals surface area contributed by atoms with Crippen LogP contribution in [-0.2, 0) is 11.3 Å². The normalized spacial score (nSPS) is 18.1. The van der Waals surface area contributed by atoms with E-state index >= 15 is 0 Å². The lowest BCUT2D eigenvalue weighted by Gasteiger charge is -2.19. The number of amides is 3. The molecular formula is C21H20N4O3S. The maximum Gasteiger partial charge on any atom is 0.321 e. The third-order valence-electron chi connectivity index (χ3n) is 4.52. The average molecular weight is 408 g/mol. The number of urea groups is 1. The van der Waals surface area contributed by atoms with Crippen LogP contribution in [0.5, 0.6) is 5.75 Å². The van der Waals surface area contributed by atoms with E-state index in [-0.39, 0.29) is 5.03 Å². The molecule has 2 aromatic carbocycles. The standard InChI is InChI=1S/C21H20N4O3S/c1-28-15-9-7-14(8-10-15)17-16(11-22)19(23)29-18(17)20(26)25-21(27)24-12-13-5-3-2-4-6-13/h2-10,17-18H,12,23H2,1H3,(H2,24,25,26,27). The Kier molecular flexibility index (Phi) is 6.42. The van der Waals surface area contributed by atoms with Crippen molar-refractivity contribution in [3.8, 4) is 11.8 Å². The molecule has 1 aliphatic rings. The fourth-order valence-corrected chi connectivity index (χ4v) is 4.23. The SMILES string of the molecule is COc1ccc(C2C(C#N)=C(N)SC2C(=O)NC(=O)NCc2ccccc2)cc1. The Labute approximate surface area is 172 Å². The monoisotopic (exact) mass is 408 g/mol. The summed E-state index contributed by atoms with van der Waals surface area (Å²) in [4.78, 5) is 24.9. The number of imide groups is 1. The minimum atomic E-state index is -0.722. The molecule has 1 aliphatic heterocycles. The van der Waals surface area contributed by atoms with Gasteiger partial charge in [0.15, 0.2) is 0 Å². The van der Waals surface area contributed by atoms with E-state index in [4.69, 9.17) is 10.5 Å². The van der Waals surface area contributed by atoms with Crippen LogP contribution in [0.3, 0.4) is 0 Å². The smallest absolute Gasteiger partial charge is 0.321 e. The first-order chi connectivity index (χ1) is 14.0. The summed E-state index contributed by atoms with van der Waals surface area (Å²) in [6, 6.07) is 17.9. The van der Waals surface area contributed by atoms with Gasteiger partial charge in [0, 0.05) is 12.5 Å². The summed E-state index contributed by atoms with van der Waals surface area (Å²) < 4.78 is 5.16. The third kappa shape index (κ3) is 4.70. The van der Waals surface area contributed by atoms with E-state index in [1.807, 2.05) is 30.3 Å². The Morgan fingerprint density at radius 1 is 1.17 bits per heavy atom. The molecular weight excluding hydrogens is 388 g/mol. The number of rotatable bonds is 5. The number of hydrogen-bond donors (Lipinski definition) is 3. The predicted octanol–water partition coefficient (Wildman–Crippen LogP) is 2.61. The van der Waals surface area contributed by atoms with Gasteiger partial charge >= 0.3 is 6.03 Å². The van der Waals surface area contributed by atoms with Crippen molar-refractivity contribution in [2.45, 2.75) is 17.7 Å². The number of allylic oxidation sites excluding steroid dienone is 1. The van der Waals surface area contributed by atoms with Gasteiger partial charge in [-0.15, -0.1) is 0 Å². The number of hydrogen-bond acceptors (Lipinski definition) is 6. The van der Waals surface area contributed by atoms with E-state index in [0.29, 0.717) is 17.9 Å². The Balaban J connectivity index is 1.71. The van der Waals surface area contributed by atoms with Gasteiger partial charge in [-0.2, -0.15) is 5.26 Å². The van der Waals surface area contributed by atoms with E-state index in [2.05, 4.69) is 16.7 Å². The van der Waals surface area contributed by atoms with Crippen molar-refractivity contribution in [3.05, 3.63) is 76.3 Å². The van der Waals surface area contributed by atoms with Gasteiger partial charge in [0.1, 0.15) is 11.0 Å². The highest BCUT2D eigenvalue weighted by Gasteiger charge is 2.41. The van der Waals surface area contributed by atoms with Crippen LogP contribution in [-0.4, -0.2) is 24.3 Å². The van der Waals surface area contributed by atoms with Crippen LogP contribution < -0.4 is 21.1 Å². The van der Waals surface area contributed by atoms with Crippen molar-refractivity contribution in [1.29, 1.82) is 5.26 Å². The first kappa shape index (κ1) is 20.3. The second kappa shape index (κ2) is 9.17. The maximum absolute atomic E-state index is 12.8. The van der Waals surface area contributed by atoms with Crippen LogP contribution in [0.1, 0.15) is 17.0 Å². The third-order valence-corrected chi connectivity index (χ3v) is 5.73. The number of carbonyl (C=O) groups excluding carboxylic acids is 2. The summed E-state index contributed by atoms with van der Waals surface area (Å²) in [5.41, 5.74) is 7.97. The molecule has 4 N–H and O–H groups in total. The molecule has 0 aliphatic carbocycles. The fraction of sp³-hybridized carbons (Fsp3) is 0.190. The van der Waals surface area contributed by atoms with Gasteiger partial charge in [0.05, 0.1) is 23.8 Å². The lowest BCUT2D eigenvalue weighted by atomic mass is 9.88. The number of ether oxygens (including phenoxy) is 1. The van der Waals surface area contributed by atoms with Crippen molar-refractivity contribution in [3.63, 3.8) is 0 Å². The quantitative estimate of drug-likeness (QED) is 0.700. The van der Waals surface area contributed by atoms with E-state index < -0.39 is 23.1 Å². The zero-order valence-electron chi connectivity index (χ0n) is 15.7. The van der Waals surface area contributed by atoms with E-state index in [1.54, 1.807) is 31.4 Å². The molecule has 3 amide bonds. The van der Waals surface area contributed by atoms with E-state index in [9.17, 15) is 14.9 Å². The van der Waals surface area contributed by atoms with Crippen molar-refractivity contribution in [2.24, 2.45) is 5.73 Å². The Morgan fingerprint density at radius 2 is 1.86 bits per heavy atom. The van der Waals surface area contributed by atoms with E-state index in [1.165, 1.54) is 0 Å². The van der Waals surface area contributed by atoms with Crippen molar-refractivity contribution in [1.82, 2.24) is 10.6 Å². The number of nitrogens with zero attached hydrogens (tertiary/aromatic N) is 1. The minimum Gasteiger partial charge on any atom is -0.497 e. The summed E-state index contributed by atoms with van der Waals surface area (Å²) >= 11 is 1.09. The van der Waals surface area contributed by atoms with Gasteiger partial charge in [-0.25, -0.2) is 4.79 Å². The molecule has 8 heteroatoms. The molecule has 2 unspecified atom stereocenters. The van der Waals surface area contributed by atoms with Gasteiger partial charge in [0.2, 0.25) is 5.91 Å². The van der Waals surface area contributed by atoms with Gasteiger partial charge in [-0.1, -0.05) is 54.2 Å². The average Bonchev–Trinajstić information content (AvgIpc) is 3.09. The molecule has 0 spiro atoms. The number of nitriles is 1. The summed E-state index contributed by atoms with van der Waals surface area (Å²) in [6.07, 6.45) is 0. The molecule has 0 bridgehead atoms. The number of carbonyl (C=O) groups is 2. The highest BCUT2D eigenvalue weighted by atomic mass is 32.2.